The fourth-order valence-corrected chi connectivity index (χ4v) is 1.92. The third-order valence-electron chi connectivity index (χ3n) is 2.49. The second kappa shape index (κ2) is 6.75. The van der Waals surface area contributed by atoms with E-state index in [1.165, 1.54) is 0 Å². The summed E-state index contributed by atoms with van der Waals surface area (Å²) in [7, 11) is 0. The van der Waals surface area contributed by atoms with Gasteiger partial charge in [-0.15, -0.1) is 0 Å². The van der Waals surface area contributed by atoms with Crippen LogP contribution in [0.1, 0.15) is 32.4 Å². The molecule has 0 saturated carbocycles. The van der Waals surface area contributed by atoms with Crippen molar-refractivity contribution in [3.63, 3.8) is 0 Å². The minimum Gasteiger partial charge on any atom is -0.481 e. The van der Waals surface area contributed by atoms with Crippen molar-refractivity contribution in [2.24, 2.45) is 5.73 Å². The van der Waals surface area contributed by atoms with Crippen LogP contribution in [0.4, 0.5) is 0 Å². The van der Waals surface area contributed by atoms with E-state index in [2.05, 4.69) is 21.2 Å². The molecule has 4 nitrogen and oxygen atoms in total. The normalized spacial score (nSPS) is 13.8. The molecule has 0 aliphatic carbocycles. The largest absolute Gasteiger partial charge is 0.481 e. The lowest BCUT2D eigenvalue weighted by Gasteiger charge is -2.18. The Labute approximate surface area is 116 Å². The number of carbonyl (C=O) groups excluding carboxylic acids is 1. The van der Waals surface area contributed by atoms with Gasteiger partial charge in [-0.1, -0.05) is 15.9 Å². The van der Waals surface area contributed by atoms with Gasteiger partial charge in [0.05, 0.1) is 0 Å². The van der Waals surface area contributed by atoms with E-state index < -0.39 is 6.10 Å². The van der Waals surface area contributed by atoms with Gasteiger partial charge in [0.25, 0.3) is 5.91 Å². The number of nitrogens with one attached hydrogen (secondary N) is 1. The Bertz CT molecular complexity index is 421. The molecule has 5 heteroatoms. The molecule has 0 bridgehead atoms. The van der Waals surface area contributed by atoms with Crippen LogP contribution in [0.2, 0.25) is 0 Å². The Kier molecular flexibility index (Phi) is 5.62. The van der Waals surface area contributed by atoms with Crippen LogP contribution in [0.25, 0.3) is 0 Å². The fourth-order valence-electron chi connectivity index (χ4n) is 1.54. The molecule has 3 N–H and O–H groups in total. The van der Waals surface area contributed by atoms with Crippen molar-refractivity contribution in [3.05, 3.63) is 28.2 Å². The zero-order chi connectivity index (χ0) is 13.7. The monoisotopic (exact) mass is 314 g/mol. The molecule has 0 aromatic heterocycles. The molecule has 18 heavy (non-hydrogen) atoms. The van der Waals surface area contributed by atoms with Crippen LogP contribution in [-0.4, -0.2) is 18.6 Å². The molecule has 0 fully saturated rings. The second-order valence-corrected chi connectivity index (χ2v) is 5.04. The van der Waals surface area contributed by atoms with Crippen molar-refractivity contribution in [2.75, 3.05) is 6.54 Å². The molecule has 1 rings (SSSR count). The van der Waals surface area contributed by atoms with Gasteiger partial charge in [0.2, 0.25) is 0 Å². The summed E-state index contributed by atoms with van der Waals surface area (Å²) in [6.45, 7) is 6.06. The standard InChI is InChI=1S/C13H19BrN2O2/c1-4-16-13(17)9(3)18-12-6-5-10(14)7-11(12)8(2)15/h5-9H,4,15H2,1-3H3,(H,16,17)/t8-,9?/m1/s1. The maximum atomic E-state index is 11.6. The van der Waals surface area contributed by atoms with Gasteiger partial charge < -0.3 is 15.8 Å². The summed E-state index contributed by atoms with van der Waals surface area (Å²) in [5.74, 6) is 0.517. The van der Waals surface area contributed by atoms with Crippen LogP contribution < -0.4 is 15.8 Å². The number of likely N-dealkylation sites (N-methyl/N-ethyl adjacent to an activating group) is 1. The van der Waals surface area contributed by atoms with Gasteiger partial charge in [-0.3, -0.25) is 4.79 Å². The topological polar surface area (TPSA) is 64.3 Å². The summed E-state index contributed by atoms with van der Waals surface area (Å²) in [5, 5.41) is 2.72. The van der Waals surface area contributed by atoms with Gasteiger partial charge >= 0.3 is 0 Å². The van der Waals surface area contributed by atoms with Crippen LogP contribution in [0.3, 0.4) is 0 Å². The molecule has 0 aliphatic heterocycles. The van der Waals surface area contributed by atoms with Crippen LogP contribution in [0, 0.1) is 0 Å². The summed E-state index contributed by atoms with van der Waals surface area (Å²) >= 11 is 3.39. The minimum absolute atomic E-state index is 0.129. The molecular weight excluding hydrogens is 296 g/mol. The number of hydrogen-bond donors (Lipinski definition) is 2. The molecule has 0 spiro atoms. The van der Waals surface area contributed by atoms with E-state index in [4.69, 9.17) is 10.5 Å². The van der Waals surface area contributed by atoms with E-state index in [0.29, 0.717) is 12.3 Å². The van der Waals surface area contributed by atoms with Gasteiger partial charge in [-0.05, 0) is 39.0 Å². The van der Waals surface area contributed by atoms with Crippen LogP contribution in [-0.2, 0) is 4.79 Å². The molecular formula is C13H19BrN2O2. The highest BCUT2D eigenvalue weighted by Crippen LogP contribution is 2.28. The van der Waals surface area contributed by atoms with Crippen molar-refractivity contribution >= 4 is 21.8 Å². The molecule has 1 unspecified atom stereocenters. The van der Waals surface area contributed by atoms with Crippen molar-refractivity contribution in [1.29, 1.82) is 0 Å². The van der Waals surface area contributed by atoms with E-state index in [1.807, 2.05) is 32.0 Å². The average Bonchev–Trinajstić information content (AvgIpc) is 2.31. The van der Waals surface area contributed by atoms with Crippen molar-refractivity contribution < 1.29 is 9.53 Å². The van der Waals surface area contributed by atoms with E-state index in [-0.39, 0.29) is 11.9 Å². The number of nitrogens with two attached hydrogens (primary N) is 1. The minimum atomic E-state index is -0.538. The predicted octanol–water partition coefficient (Wildman–Crippen LogP) is 2.37. The summed E-state index contributed by atoms with van der Waals surface area (Å²) in [5.41, 5.74) is 6.77. The first kappa shape index (κ1) is 15.0. The maximum absolute atomic E-state index is 11.6. The quantitative estimate of drug-likeness (QED) is 0.877. The molecule has 0 aliphatic rings. The second-order valence-electron chi connectivity index (χ2n) is 4.13. The van der Waals surface area contributed by atoms with Crippen LogP contribution in [0.5, 0.6) is 5.75 Å². The smallest absolute Gasteiger partial charge is 0.260 e. The number of halogens is 1. The summed E-state index contributed by atoms with van der Waals surface area (Å²) in [6.07, 6.45) is -0.538. The molecule has 2 atom stereocenters. The Morgan fingerprint density at radius 1 is 1.50 bits per heavy atom. The van der Waals surface area contributed by atoms with E-state index in [9.17, 15) is 4.79 Å². The first-order chi connectivity index (χ1) is 8.45. The zero-order valence-electron chi connectivity index (χ0n) is 10.9. The highest BCUT2D eigenvalue weighted by atomic mass is 79.9. The first-order valence-electron chi connectivity index (χ1n) is 5.95. The lowest BCUT2D eigenvalue weighted by Crippen LogP contribution is -2.36. The number of ether oxygens (including phenoxy) is 1. The molecule has 100 valence electrons. The maximum Gasteiger partial charge on any atom is 0.260 e. The third kappa shape index (κ3) is 3.99. The Morgan fingerprint density at radius 2 is 2.17 bits per heavy atom. The summed E-state index contributed by atoms with van der Waals surface area (Å²) in [6, 6.07) is 5.44. The lowest BCUT2D eigenvalue weighted by atomic mass is 10.1. The average molecular weight is 315 g/mol. The molecule has 1 amide bonds. The number of benzene rings is 1. The van der Waals surface area contributed by atoms with E-state index >= 15 is 0 Å². The Balaban J connectivity index is 2.87. The van der Waals surface area contributed by atoms with E-state index in [0.717, 1.165) is 10.0 Å². The third-order valence-corrected chi connectivity index (χ3v) is 2.98. The van der Waals surface area contributed by atoms with Gasteiger partial charge in [-0.25, -0.2) is 0 Å². The van der Waals surface area contributed by atoms with Gasteiger partial charge in [-0.2, -0.15) is 0 Å². The van der Waals surface area contributed by atoms with Gasteiger partial charge in [0.1, 0.15) is 5.75 Å². The highest BCUT2D eigenvalue weighted by Gasteiger charge is 2.16. The Hall–Kier alpha value is -1.07. The summed E-state index contributed by atoms with van der Waals surface area (Å²) < 4.78 is 6.60. The van der Waals surface area contributed by atoms with Crippen molar-refractivity contribution in [1.82, 2.24) is 5.32 Å². The molecule has 1 aromatic carbocycles. The van der Waals surface area contributed by atoms with Gasteiger partial charge in [0, 0.05) is 22.6 Å². The SMILES string of the molecule is CCNC(=O)C(C)Oc1ccc(Br)cc1[C@@H](C)N. The highest BCUT2D eigenvalue weighted by molar-refractivity contribution is 9.10. The molecule has 0 radical (unpaired) electrons. The van der Waals surface area contributed by atoms with Crippen LogP contribution in [0.15, 0.2) is 22.7 Å². The number of carbonyl (C=O) groups is 1. The fraction of sp³-hybridized carbons (Fsp3) is 0.462. The summed E-state index contributed by atoms with van der Waals surface area (Å²) in [4.78, 5) is 11.6. The molecule has 0 saturated heterocycles. The molecule has 1 aromatic rings. The van der Waals surface area contributed by atoms with E-state index in [1.54, 1.807) is 6.92 Å². The number of rotatable bonds is 5. The van der Waals surface area contributed by atoms with Crippen molar-refractivity contribution in [3.8, 4) is 5.75 Å². The van der Waals surface area contributed by atoms with Gasteiger partial charge in [0.15, 0.2) is 6.10 Å². The van der Waals surface area contributed by atoms with Crippen molar-refractivity contribution in [2.45, 2.75) is 32.9 Å². The van der Waals surface area contributed by atoms with Crippen LogP contribution >= 0.6 is 15.9 Å². The number of amides is 1. The Morgan fingerprint density at radius 3 is 2.72 bits per heavy atom. The first-order valence-corrected chi connectivity index (χ1v) is 6.74. The predicted molar refractivity (Wildman–Crippen MR) is 75.5 cm³/mol. The molecule has 0 heterocycles. The zero-order valence-corrected chi connectivity index (χ0v) is 12.5. The number of hydrogen-bond acceptors (Lipinski definition) is 3. The lowest BCUT2D eigenvalue weighted by molar-refractivity contribution is -0.127.